The highest BCUT2D eigenvalue weighted by Crippen LogP contribution is 2.28. The summed E-state index contributed by atoms with van der Waals surface area (Å²) in [6.45, 7) is 3.17. The number of nitro benzene ring substituents is 1. The average Bonchev–Trinajstić information content (AvgIpc) is 2.28. The van der Waals surface area contributed by atoms with E-state index < -0.39 is 22.9 Å². The maximum Gasteiger partial charge on any atom is 0.381 e. The molecule has 0 bridgehead atoms. The van der Waals surface area contributed by atoms with Gasteiger partial charge in [0, 0.05) is 6.07 Å². The molecule has 0 amide bonds. The summed E-state index contributed by atoms with van der Waals surface area (Å²) in [7, 11) is 0. The molecule has 0 radical (unpaired) electrons. The van der Waals surface area contributed by atoms with Crippen molar-refractivity contribution in [3.8, 4) is 5.75 Å². The number of carbonyl (C=O) groups excluding carboxylic acids is 1. The number of halogens is 1. The van der Waals surface area contributed by atoms with Crippen LogP contribution in [0.1, 0.15) is 12.5 Å². The third-order valence-corrected chi connectivity index (χ3v) is 2.01. The van der Waals surface area contributed by atoms with Gasteiger partial charge in [-0.15, -0.1) is 0 Å². The van der Waals surface area contributed by atoms with Crippen LogP contribution < -0.4 is 4.74 Å². The molecule has 0 aliphatic rings. The van der Waals surface area contributed by atoms with Gasteiger partial charge in [0.05, 0.1) is 11.5 Å². The van der Waals surface area contributed by atoms with Crippen molar-refractivity contribution in [1.82, 2.24) is 0 Å². The molecule has 1 rings (SSSR count). The molecule has 1 aromatic rings. The fraction of sp³-hybridized carbons (Fsp3) is 0.364. The third-order valence-electron chi connectivity index (χ3n) is 2.01. The van der Waals surface area contributed by atoms with Gasteiger partial charge in [-0.05, 0) is 25.5 Å². The Morgan fingerprint density at radius 2 is 2.22 bits per heavy atom. The minimum atomic E-state index is -2.38. The first kappa shape index (κ1) is 13.9. The molecule has 6 nitrogen and oxygen atoms in total. The normalized spacial score (nSPS) is 11.7. The first-order valence-electron chi connectivity index (χ1n) is 5.18. The molecule has 0 saturated carbocycles. The van der Waals surface area contributed by atoms with E-state index in [0.717, 1.165) is 0 Å². The number of ether oxygens (including phenoxy) is 2. The van der Waals surface area contributed by atoms with Gasteiger partial charge >= 0.3 is 18.0 Å². The van der Waals surface area contributed by atoms with Gasteiger partial charge in [-0.25, -0.2) is 4.79 Å². The number of hydrogen-bond acceptors (Lipinski definition) is 5. The maximum absolute atomic E-state index is 13.3. The summed E-state index contributed by atoms with van der Waals surface area (Å²) in [5.74, 6) is -1.52. The van der Waals surface area contributed by atoms with Crippen LogP contribution in [-0.4, -0.2) is 23.9 Å². The molecule has 18 heavy (non-hydrogen) atoms. The van der Waals surface area contributed by atoms with Gasteiger partial charge in [0.2, 0.25) is 5.75 Å². The molecule has 0 heterocycles. The highest BCUT2D eigenvalue weighted by molar-refractivity contribution is 5.73. The van der Waals surface area contributed by atoms with Crippen LogP contribution in [0.3, 0.4) is 0 Å². The summed E-state index contributed by atoms with van der Waals surface area (Å²) < 4.78 is 22.3. The van der Waals surface area contributed by atoms with Gasteiger partial charge in [0.25, 0.3) is 0 Å². The number of benzene rings is 1. The van der Waals surface area contributed by atoms with E-state index in [1.807, 2.05) is 0 Å². The largest absolute Gasteiger partial charge is 0.461 e. The molecular formula is C11H12FNO5. The molecule has 0 saturated heterocycles. The SMILES string of the molecule is CCOC(=O)C(F)Oc1cc(C)ccc1[N+](=O)[O-]. The van der Waals surface area contributed by atoms with Crippen LogP contribution in [0.25, 0.3) is 0 Å². The van der Waals surface area contributed by atoms with Crippen LogP contribution in [-0.2, 0) is 9.53 Å². The average molecular weight is 257 g/mol. The van der Waals surface area contributed by atoms with Gasteiger partial charge in [0.15, 0.2) is 0 Å². The van der Waals surface area contributed by atoms with Crippen molar-refractivity contribution in [2.24, 2.45) is 0 Å². The van der Waals surface area contributed by atoms with E-state index in [-0.39, 0.29) is 12.4 Å². The molecule has 0 aromatic heterocycles. The molecule has 1 unspecified atom stereocenters. The number of nitro groups is 1. The predicted molar refractivity (Wildman–Crippen MR) is 60.0 cm³/mol. The second kappa shape index (κ2) is 5.95. The number of carbonyl (C=O) groups is 1. The zero-order chi connectivity index (χ0) is 13.7. The van der Waals surface area contributed by atoms with Crippen molar-refractivity contribution < 1.29 is 23.6 Å². The Kier molecular flexibility index (Phi) is 4.59. The van der Waals surface area contributed by atoms with Crippen LogP contribution in [0.5, 0.6) is 5.75 Å². The summed E-state index contributed by atoms with van der Waals surface area (Å²) in [6.07, 6.45) is -2.38. The number of nitrogens with zero attached hydrogens (tertiary/aromatic N) is 1. The molecule has 0 aliphatic carbocycles. The summed E-state index contributed by atoms with van der Waals surface area (Å²) in [4.78, 5) is 21.0. The number of rotatable bonds is 5. The number of alkyl halides is 1. The van der Waals surface area contributed by atoms with E-state index in [2.05, 4.69) is 9.47 Å². The van der Waals surface area contributed by atoms with E-state index in [9.17, 15) is 19.3 Å². The van der Waals surface area contributed by atoms with Crippen molar-refractivity contribution in [3.63, 3.8) is 0 Å². The minimum Gasteiger partial charge on any atom is -0.461 e. The Balaban J connectivity index is 2.92. The zero-order valence-electron chi connectivity index (χ0n) is 9.88. The molecule has 1 aromatic carbocycles. The summed E-state index contributed by atoms with van der Waals surface area (Å²) in [6, 6.07) is 3.95. The fourth-order valence-electron chi connectivity index (χ4n) is 1.23. The number of hydrogen-bond donors (Lipinski definition) is 0. The lowest BCUT2D eigenvalue weighted by molar-refractivity contribution is -0.386. The lowest BCUT2D eigenvalue weighted by Crippen LogP contribution is -2.25. The Hall–Kier alpha value is -2.18. The minimum absolute atomic E-state index is 0.00146. The molecule has 1 atom stereocenters. The van der Waals surface area contributed by atoms with Crippen LogP contribution >= 0.6 is 0 Å². The van der Waals surface area contributed by atoms with E-state index >= 15 is 0 Å². The second-order valence-corrected chi connectivity index (χ2v) is 3.41. The maximum atomic E-state index is 13.3. The summed E-state index contributed by atoms with van der Waals surface area (Å²) >= 11 is 0. The van der Waals surface area contributed by atoms with Crippen LogP contribution in [0.15, 0.2) is 18.2 Å². The smallest absolute Gasteiger partial charge is 0.381 e. The van der Waals surface area contributed by atoms with Crippen LogP contribution in [0.2, 0.25) is 0 Å². The highest BCUT2D eigenvalue weighted by Gasteiger charge is 2.25. The Bertz CT molecular complexity index is 463. The van der Waals surface area contributed by atoms with Crippen molar-refractivity contribution >= 4 is 11.7 Å². The van der Waals surface area contributed by atoms with Crippen LogP contribution in [0, 0.1) is 17.0 Å². The molecule has 0 fully saturated rings. The molecule has 0 spiro atoms. The molecule has 7 heteroatoms. The number of esters is 1. The standard InChI is InChI=1S/C11H12FNO5/c1-3-17-11(14)10(12)18-9-6-7(2)4-5-8(9)13(15)16/h4-6,10H,3H2,1-2H3. The fourth-order valence-corrected chi connectivity index (χ4v) is 1.23. The third kappa shape index (κ3) is 3.41. The first-order valence-corrected chi connectivity index (χ1v) is 5.18. The molecular weight excluding hydrogens is 245 g/mol. The monoisotopic (exact) mass is 257 g/mol. The Labute approximate surface area is 102 Å². The summed E-state index contributed by atoms with van der Waals surface area (Å²) in [5, 5.41) is 10.7. The molecule has 0 aliphatic heterocycles. The van der Waals surface area contributed by atoms with E-state index in [1.54, 1.807) is 6.92 Å². The van der Waals surface area contributed by atoms with Crippen molar-refractivity contribution in [2.45, 2.75) is 20.2 Å². The van der Waals surface area contributed by atoms with Crippen molar-refractivity contribution in [3.05, 3.63) is 33.9 Å². The predicted octanol–water partition coefficient (Wildman–Crippen LogP) is 2.14. The van der Waals surface area contributed by atoms with Gasteiger partial charge in [-0.2, -0.15) is 4.39 Å². The van der Waals surface area contributed by atoms with E-state index in [1.165, 1.54) is 25.1 Å². The Morgan fingerprint density at radius 3 is 2.78 bits per heavy atom. The number of aryl methyl sites for hydroxylation is 1. The topological polar surface area (TPSA) is 78.7 Å². The lowest BCUT2D eigenvalue weighted by atomic mass is 10.2. The van der Waals surface area contributed by atoms with Crippen molar-refractivity contribution in [1.29, 1.82) is 0 Å². The molecule has 0 N–H and O–H groups in total. The highest BCUT2D eigenvalue weighted by atomic mass is 19.1. The Morgan fingerprint density at radius 1 is 1.56 bits per heavy atom. The van der Waals surface area contributed by atoms with Gasteiger partial charge < -0.3 is 9.47 Å². The van der Waals surface area contributed by atoms with Gasteiger partial charge in [-0.3, -0.25) is 10.1 Å². The summed E-state index contributed by atoms with van der Waals surface area (Å²) in [5.41, 5.74) is 0.235. The molecule has 98 valence electrons. The van der Waals surface area contributed by atoms with E-state index in [4.69, 9.17) is 0 Å². The zero-order valence-corrected chi connectivity index (χ0v) is 9.88. The van der Waals surface area contributed by atoms with Gasteiger partial charge in [0.1, 0.15) is 0 Å². The van der Waals surface area contributed by atoms with E-state index in [0.29, 0.717) is 5.56 Å². The van der Waals surface area contributed by atoms with Crippen LogP contribution in [0.4, 0.5) is 10.1 Å². The second-order valence-electron chi connectivity index (χ2n) is 3.41. The lowest BCUT2D eigenvalue weighted by Gasteiger charge is -2.10. The quantitative estimate of drug-likeness (QED) is 0.458. The first-order chi connectivity index (χ1) is 8.45. The van der Waals surface area contributed by atoms with Crippen molar-refractivity contribution in [2.75, 3.05) is 6.61 Å². The van der Waals surface area contributed by atoms with Gasteiger partial charge in [-0.1, -0.05) is 6.07 Å².